The number of aliphatic imine (C=N–C) groups is 1. The van der Waals surface area contributed by atoms with Gasteiger partial charge in [-0.1, -0.05) is 42.1 Å². The molecule has 7 N–H and O–H groups in total. The molecule has 2 aromatic rings. The quantitative estimate of drug-likeness (QED) is 0.202. The molecule has 0 spiro atoms. The Bertz CT molecular complexity index is 1030. The van der Waals surface area contributed by atoms with E-state index in [2.05, 4.69) is 4.99 Å². The fraction of sp³-hybridized carbons (Fsp3) is 0.381. The third-order valence-corrected chi connectivity index (χ3v) is 6.35. The number of ether oxygens (including phenoxy) is 1. The maximum atomic E-state index is 10.9. The normalized spacial score (nSPS) is 20.0. The van der Waals surface area contributed by atoms with Gasteiger partial charge in [0, 0.05) is 15.4 Å². The van der Waals surface area contributed by atoms with Gasteiger partial charge in [0.05, 0.1) is 32.0 Å². The van der Waals surface area contributed by atoms with Crippen molar-refractivity contribution in [2.75, 3.05) is 32.9 Å². The van der Waals surface area contributed by atoms with Crippen LogP contribution in [0.5, 0.6) is 0 Å². The molecule has 0 saturated carbocycles. The van der Waals surface area contributed by atoms with E-state index in [0.29, 0.717) is 25.9 Å². The lowest BCUT2D eigenvalue weighted by atomic mass is 10.1. The zero-order valence-corrected chi connectivity index (χ0v) is 18.3. The van der Waals surface area contributed by atoms with Gasteiger partial charge in [-0.3, -0.25) is 0 Å². The van der Waals surface area contributed by atoms with Crippen LogP contribution in [-0.2, 0) is 4.74 Å². The molecule has 0 amide bonds. The van der Waals surface area contributed by atoms with E-state index in [0.717, 1.165) is 4.90 Å². The highest BCUT2D eigenvalue weighted by atomic mass is 32.2. The predicted molar refractivity (Wildman–Crippen MR) is 116 cm³/mol. The Morgan fingerprint density at radius 1 is 0.939 bits per heavy atom. The van der Waals surface area contributed by atoms with E-state index in [-0.39, 0.29) is 19.0 Å². The van der Waals surface area contributed by atoms with Gasteiger partial charge >= 0.3 is 0 Å². The minimum absolute atomic E-state index is 0.115. The topological polar surface area (TPSA) is 170 Å². The van der Waals surface area contributed by atoms with Crippen LogP contribution in [-0.4, -0.2) is 102 Å². The van der Waals surface area contributed by atoms with Gasteiger partial charge in [0.2, 0.25) is 5.91 Å². The van der Waals surface area contributed by atoms with Gasteiger partial charge in [0.25, 0.3) is 11.8 Å². The van der Waals surface area contributed by atoms with Crippen LogP contribution in [0.3, 0.4) is 0 Å². The summed E-state index contributed by atoms with van der Waals surface area (Å²) >= 11 is 1.39. The zero-order chi connectivity index (χ0) is 23.9. The van der Waals surface area contributed by atoms with Gasteiger partial charge in [0.15, 0.2) is 0 Å². The van der Waals surface area contributed by atoms with E-state index in [1.54, 1.807) is 36.4 Å². The molecule has 2 aliphatic rings. The van der Waals surface area contributed by atoms with Crippen molar-refractivity contribution in [3.8, 4) is 0 Å². The second-order valence-corrected chi connectivity index (χ2v) is 8.88. The van der Waals surface area contributed by atoms with Crippen molar-refractivity contribution < 1.29 is 40.5 Å². The van der Waals surface area contributed by atoms with Gasteiger partial charge < -0.3 is 40.5 Å². The van der Waals surface area contributed by atoms with Crippen molar-refractivity contribution in [2.45, 2.75) is 27.5 Å². The van der Waals surface area contributed by atoms with Crippen LogP contribution in [0.25, 0.3) is 0 Å². The SMILES string of the molecule is OCCOCC(O)(O)N1CC(O)(O)N(C2=Nc3ccccc3Sc3ccccc32)C(O)(O)C1. The van der Waals surface area contributed by atoms with E-state index in [4.69, 9.17) is 9.84 Å². The summed E-state index contributed by atoms with van der Waals surface area (Å²) in [6.45, 7) is -2.94. The summed E-state index contributed by atoms with van der Waals surface area (Å²) in [4.78, 5) is 7.20. The Labute approximate surface area is 193 Å². The van der Waals surface area contributed by atoms with E-state index < -0.39 is 37.4 Å². The van der Waals surface area contributed by atoms with Crippen molar-refractivity contribution in [3.05, 3.63) is 54.1 Å². The summed E-state index contributed by atoms with van der Waals surface area (Å²) in [7, 11) is 0. The fourth-order valence-corrected chi connectivity index (χ4v) is 4.81. The number of nitrogens with zero attached hydrogens (tertiary/aromatic N) is 3. The number of benzene rings is 2. The Morgan fingerprint density at radius 3 is 2.21 bits per heavy atom. The first-order valence-electron chi connectivity index (χ1n) is 10.1. The Morgan fingerprint density at radius 2 is 1.55 bits per heavy atom. The lowest BCUT2D eigenvalue weighted by Gasteiger charge is -2.53. The summed E-state index contributed by atoms with van der Waals surface area (Å²) in [6, 6.07) is 14.1. The highest BCUT2D eigenvalue weighted by molar-refractivity contribution is 7.99. The first-order chi connectivity index (χ1) is 15.5. The summed E-state index contributed by atoms with van der Waals surface area (Å²) in [6.07, 6.45) is 0. The molecule has 2 aliphatic heterocycles. The maximum absolute atomic E-state index is 10.9. The minimum Gasteiger partial charge on any atom is -0.394 e. The second kappa shape index (κ2) is 8.92. The molecule has 0 aromatic heterocycles. The van der Waals surface area contributed by atoms with Crippen LogP contribution in [0.1, 0.15) is 5.56 Å². The number of hydrogen-bond acceptors (Lipinski definition) is 12. The average Bonchev–Trinajstić information content (AvgIpc) is 2.89. The molecule has 12 heteroatoms. The summed E-state index contributed by atoms with van der Waals surface area (Å²) in [5.74, 6) is -8.85. The van der Waals surface area contributed by atoms with Crippen molar-refractivity contribution in [1.82, 2.24) is 9.80 Å². The summed E-state index contributed by atoms with van der Waals surface area (Å²) in [5.41, 5.74) is 0.913. The van der Waals surface area contributed by atoms with Gasteiger partial charge in [-0.05, 0) is 18.2 Å². The van der Waals surface area contributed by atoms with E-state index in [1.165, 1.54) is 11.8 Å². The zero-order valence-electron chi connectivity index (χ0n) is 17.4. The van der Waals surface area contributed by atoms with Crippen LogP contribution < -0.4 is 0 Å². The van der Waals surface area contributed by atoms with Crippen LogP contribution in [0.4, 0.5) is 5.69 Å². The third-order valence-electron chi connectivity index (χ3n) is 5.21. The molecule has 2 aromatic carbocycles. The number of aliphatic hydroxyl groups is 7. The predicted octanol–water partition coefficient (Wildman–Crippen LogP) is -1.23. The first kappa shape index (κ1) is 24.0. The van der Waals surface area contributed by atoms with Crippen molar-refractivity contribution in [3.63, 3.8) is 0 Å². The number of para-hydroxylation sites is 1. The minimum atomic E-state index is -2.98. The van der Waals surface area contributed by atoms with E-state index in [1.807, 2.05) is 12.1 Å². The number of piperazine rings is 1. The van der Waals surface area contributed by atoms with Crippen LogP contribution in [0.2, 0.25) is 0 Å². The Hall–Kier alpha value is -2.10. The molecule has 0 radical (unpaired) electrons. The van der Waals surface area contributed by atoms with Gasteiger partial charge in [-0.2, -0.15) is 0 Å². The maximum Gasteiger partial charge on any atom is 0.265 e. The molecular formula is C21H25N3O8S. The first-order valence-corrected chi connectivity index (χ1v) is 10.9. The number of fused-ring (bicyclic) bond motifs is 2. The Kier molecular flexibility index (Phi) is 6.50. The van der Waals surface area contributed by atoms with Gasteiger partial charge in [-0.25, -0.2) is 14.8 Å². The summed E-state index contributed by atoms with van der Waals surface area (Å²) < 4.78 is 4.92. The molecule has 4 rings (SSSR count). The smallest absolute Gasteiger partial charge is 0.265 e. The summed E-state index contributed by atoms with van der Waals surface area (Å²) in [5, 5.41) is 73.2. The van der Waals surface area contributed by atoms with Gasteiger partial charge in [-0.15, -0.1) is 0 Å². The van der Waals surface area contributed by atoms with Gasteiger partial charge in [0.1, 0.15) is 12.4 Å². The lowest BCUT2D eigenvalue weighted by molar-refractivity contribution is -0.423. The molecule has 33 heavy (non-hydrogen) atoms. The number of aliphatic hydroxyl groups excluding tert-OH is 1. The van der Waals surface area contributed by atoms with Crippen molar-refractivity contribution in [1.29, 1.82) is 0 Å². The molecule has 2 heterocycles. The third kappa shape index (κ3) is 4.76. The van der Waals surface area contributed by atoms with Crippen molar-refractivity contribution in [2.24, 2.45) is 4.99 Å². The molecule has 0 unspecified atom stereocenters. The highest BCUT2D eigenvalue weighted by Gasteiger charge is 2.57. The van der Waals surface area contributed by atoms with Crippen LogP contribution in [0, 0.1) is 0 Å². The largest absolute Gasteiger partial charge is 0.394 e. The molecule has 1 saturated heterocycles. The number of amidine groups is 1. The fourth-order valence-electron chi connectivity index (χ4n) is 3.79. The van der Waals surface area contributed by atoms with Crippen LogP contribution in [0.15, 0.2) is 63.3 Å². The van der Waals surface area contributed by atoms with Crippen molar-refractivity contribution >= 4 is 23.3 Å². The average molecular weight is 480 g/mol. The molecular weight excluding hydrogens is 454 g/mol. The molecule has 0 atom stereocenters. The standard InChI is InChI=1S/C21H25N3O8S/c25-9-10-32-13-21(30,31)23-11-19(26,27)24(20(28,29)12-23)18-14-5-1-3-7-16(14)33-17-8-4-2-6-15(17)22-18/h1-8,25-31H,9-13H2. The number of rotatable bonds is 5. The molecule has 1 fully saturated rings. The molecule has 0 bridgehead atoms. The molecule has 0 aliphatic carbocycles. The second-order valence-electron chi connectivity index (χ2n) is 7.79. The number of β-amino-alcohol motifs (C(OH)–C–C–N with tert-alkyl or cyclic N) is 4. The van der Waals surface area contributed by atoms with E-state index >= 15 is 0 Å². The highest BCUT2D eigenvalue weighted by Crippen LogP contribution is 2.42. The van der Waals surface area contributed by atoms with E-state index in [9.17, 15) is 30.6 Å². The number of hydrogen-bond donors (Lipinski definition) is 7. The monoisotopic (exact) mass is 479 g/mol. The van der Waals surface area contributed by atoms with Crippen LogP contribution >= 0.6 is 11.8 Å². The lowest BCUT2D eigenvalue weighted by Crippen LogP contribution is -2.77. The Balaban J connectivity index is 1.75. The molecule has 178 valence electrons. The molecule has 11 nitrogen and oxygen atoms in total.